The second-order valence-corrected chi connectivity index (χ2v) is 5.88. The Balaban J connectivity index is 1.93. The molecule has 1 saturated heterocycles. The highest BCUT2D eigenvalue weighted by Gasteiger charge is 2.20. The van der Waals surface area contributed by atoms with Crippen LogP contribution in [0.2, 0.25) is 0 Å². The van der Waals surface area contributed by atoms with Gasteiger partial charge in [-0.2, -0.15) is 0 Å². The van der Waals surface area contributed by atoms with Gasteiger partial charge in [0.1, 0.15) is 6.61 Å². The van der Waals surface area contributed by atoms with E-state index in [1.165, 1.54) is 17.8 Å². The third-order valence-electron chi connectivity index (χ3n) is 3.21. The molecule has 1 N–H and O–H groups in total. The minimum Gasteiger partial charge on any atom is -0.384 e. The van der Waals surface area contributed by atoms with E-state index in [-0.39, 0.29) is 18.6 Å². The van der Waals surface area contributed by atoms with Crippen molar-refractivity contribution in [2.45, 2.75) is 25.4 Å². The molecule has 1 atom stereocenters. The molecule has 0 aromatic carbocycles. The Kier molecular flexibility index (Phi) is 5.60. The summed E-state index contributed by atoms with van der Waals surface area (Å²) in [7, 11) is 1.80. The zero-order valence-corrected chi connectivity index (χ0v) is 12.4. The van der Waals surface area contributed by atoms with E-state index in [2.05, 4.69) is 11.8 Å². The van der Waals surface area contributed by atoms with Gasteiger partial charge in [0.05, 0.1) is 15.9 Å². The minimum absolute atomic E-state index is 0.00113. The fraction of sp³-hybridized carbons (Fsp3) is 0.533. The lowest BCUT2D eigenvalue weighted by molar-refractivity contribution is -0.0000997. The van der Waals surface area contributed by atoms with E-state index in [0.717, 1.165) is 24.3 Å². The SMILES string of the molecule is CN(CC1CCCCO1)C(=O)c1ccc(C#CCO)s1. The highest BCUT2D eigenvalue weighted by Crippen LogP contribution is 2.19. The Morgan fingerprint density at radius 2 is 2.40 bits per heavy atom. The first-order chi connectivity index (χ1) is 9.70. The number of hydrogen-bond donors (Lipinski definition) is 1. The molecule has 1 aliphatic heterocycles. The third-order valence-corrected chi connectivity index (χ3v) is 4.19. The minimum atomic E-state index is -0.167. The lowest BCUT2D eigenvalue weighted by atomic mass is 10.1. The van der Waals surface area contributed by atoms with Gasteiger partial charge in [-0.25, -0.2) is 0 Å². The van der Waals surface area contributed by atoms with Crippen LogP contribution in [0.4, 0.5) is 0 Å². The maximum atomic E-state index is 12.3. The summed E-state index contributed by atoms with van der Waals surface area (Å²) in [5.74, 6) is 5.40. The van der Waals surface area contributed by atoms with E-state index in [1.54, 1.807) is 18.0 Å². The average molecular weight is 293 g/mol. The summed E-state index contributed by atoms with van der Waals surface area (Å²) in [6, 6.07) is 3.60. The lowest BCUT2D eigenvalue weighted by Crippen LogP contribution is -2.36. The van der Waals surface area contributed by atoms with E-state index in [0.29, 0.717) is 11.4 Å². The summed E-state index contributed by atoms with van der Waals surface area (Å²) in [6.45, 7) is 1.26. The van der Waals surface area contributed by atoms with Crippen molar-refractivity contribution in [3.8, 4) is 11.8 Å². The Hall–Kier alpha value is -1.35. The Morgan fingerprint density at radius 3 is 3.10 bits per heavy atom. The van der Waals surface area contributed by atoms with Crippen LogP contribution < -0.4 is 0 Å². The molecule has 20 heavy (non-hydrogen) atoms. The number of hydrogen-bond acceptors (Lipinski definition) is 4. The molecule has 0 radical (unpaired) electrons. The Bertz CT molecular complexity index is 509. The number of aliphatic hydroxyl groups is 1. The van der Waals surface area contributed by atoms with Crippen molar-refractivity contribution >= 4 is 17.2 Å². The molecule has 0 saturated carbocycles. The van der Waals surface area contributed by atoms with Crippen molar-refractivity contribution in [1.82, 2.24) is 4.90 Å². The number of thiophene rings is 1. The highest BCUT2D eigenvalue weighted by molar-refractivity contribution is 7.14. The normalized spacial score (nSPS) is 18.2. The Labute approximate surface area is 123 Å². The van der Waals surface area contributed by atoms with Gasteiger partial charge >= 0.3 is 0 Å². The molecule has 0 aliphatic carbocycles. The molecule has 1 fully saturated rings. The van der Waals surface area contributed by atoms with Crippen molar-refractivity contribution in [2.75, 3.05) is 26.8 Å². The molecule has 1 unspecified atom stereocenters. The van der Waals surface area contributed by atoms with Crippen LogP contribution in [0.5, 0.6) is 0 Å². The summed E-state index contributed by atoms with van der Waals surface area (Å²) in [5.41, 5.74) is 0. The maximum Gasteiger partial charge on any atom is 0.263 e. The zero-order valence-electron chi connectivity index (χ0n) is 11.6. The van der Waals surface area contributed by atoms with Crippen LogP contribution in [0.3, 0.4) is 0 Å². The van der Waals surface area contributed by atoms with Crippen LogP contribution in [0.1, 0.15) is 33.8 Å². The van der Waals surface area contributed by atoms with Gasteiger partial charge in [-0.1, -0.05) is 11.8 Å². The lowest BCUT2D eigenvalue weighted by Gasteiger charge is -2.27. The topological polar surface area (TPSA) is 49.8 Å². The summed E-state index contributed by atoms with van der Waals surface area (Å²) in [4.78, 5) is 15.5. The monoisotopic (exact) mass is 293 g/mol. The second kappa shape index (κ2) is 7.44. The predicted octanol–water partition coefficient (Wildman–Crippen LogP) is 1.73. The van der Waals surface area contributed by atoms with Gasteiger partial charge in [0.15, 0.2) is 0 Å². The van der Waals surface area contributed by atoms with Gasteiger partial charge in [-0.15, -0.1) is 11.3 Å². The number of aliphatic hydroxyl groups excluding tert-OH is 1. The van der Waals surface area contributed by atoms with Gasteiger partial charge < -0.3 is 14.7 Å². The van der Waals surface area contributed by atoms with Crippen LogP contribution in [-0.2, 0) is 4.74 Å². The second-order valence-electron chi connectivity index (χ2n) is 4.80. The third kappa shape index (κ3) is 4.07. The van der Waals surface area contributed by atoms with Crippen molar-refractivity contribution in [3.05, 3.63) is 21.9 Å². The smallest absolute Gasteiger partial charge is 0.263 e. The van der Waals surface area contributed by atoms with Gasteiger partial charge in [0, 0.05) is 20.2 Å². The molecule has 1 aromatic rings. The quantitative estimate of drug-likeness (QED) is 0.864. The van der Waals surface area contributed by atoms with Crippen molar-refractivity contribution in [2.24, 2.45) is 0 Å². The Morgan fingerprint density at radius 1 is 1.55 bits per heavy atom. The number of ether oxygens (including phenoxy) is 1. The van der Waals surface area contributed by atoms with Gasteiger partial charge in [-0.3, -0.25) is 4.79 Å². The molecule has 0 spiro atoms. The van der Waals surface area contributed by atoms with E-state index in [1.807, 2.05) is 6.07 Å². The summed E-state index contributed by atoms with van der Waals surface area (Å²) < 4.78 is 5.65. The summed E-state index contributed by atoms with van der Waals surface area (Å²) >= 11 is 1.35. The van der Waals surface area contributed by atoms with E-state index < -0.39 is 0 Å². The molecule has 1 aromatic heterocycles. The summed E-state index contributed by atoms with van der Waals surface area (Å²) in [6.07, 6.45) is 3.47. The van der Waals surface area contributed by atoms with Crippen LogP contribution in [0, 0.1) is 11.8 Å². The molecular formula is C15H19NO3S. The van der Waals surface area contributed by atoms with E-state index in [9.17, 15) is 4.79 Å². The first-order valence-corrected chi connectivity index (χ1v) is 7.59. The van der Waals surface area contributed by atoms with Gasteiger partial charge in [0.2, 0.25) is 0 Å². The molecule has 1 aliphatic rings. The number of nitrogens with zero attached hydrogens (tertiary/aromatic N) is 1. The fourth-order valence-corrected chi connectivity index (χ4v) is 3.05. The number of carbonyl (C=O) groups is 1. The van der Waals surface area contributed by atoms with Crippen LogP contribution in [0.25, 0.3) is 0 Å². The number of amides is 1. The standard InChI is InChI=1S/C15H19NO3S/c1-16(11-12-5-2-3-10-19-12)15(18)14-8-7-13(20-14)6-4-9-17/h7-8,12,17H,2-3,5,9-11H2,1H3. The molecule has 2 heterocycles. The molecule has 108 valence electrons. The predicted molar refractivity (Wildman–Crippen MR) is 78.8 cm³/mol. The van der Waals surface area contributed by atoms with E-state index in [4.69, 9.17) is 9.84 Å². The number of rotatable bonds is 3. The van der Waals surface area contributed by atoms with Crippen LogP contribution in [0.15, 0.2) is 12.1 Å². The zero-order chi connectivity index (χ0) is 14.4. The van der Waals surface area contributed by atoms with Crippen LogP contribution >= 0.6 is 11.3 Å². The van der Waals surface area contributed by atoms with Crippen molar-refractivity contribution < 1.29 is 14.6 Å². The average Bonchev–Trinajstić information content (AvgIpc) is 2.94. The number of likely N-dealkylation sites (N-methyl/N-ethyl adjacent to an activating group) is 1. The largest absolute Gasteiger partial charge is 0.384 e. The maximum absolute atomic E-state index is 12.3. The summed E-state index contributed by atoms with van der Waals surface area (Å²) in [5, 5.41) is 8.66. The molecular weight excluding hydrogens is 274 g/mol. The molecule has 0 bridgehead atoms. The first-order valence-electron chi connectivity index (χ1n) is 6.77. The highest BCUT2D eigenvalue weighted by atomic mass is 32.1. The molecule has 1 amide bonds. The molecule has 2 rings (SSSR count). The first kappa shape index (κ1) is 15.0. The number of carbonyl (C=O) groups excluding carboxylic acids is 1. The molecule has 4 nitrogen and oxygen atoms in total. The molecule has 5 heteroatoms. The van der Waals surface area contributed by atoms with Gasteiger partial charge in [-0.05, 0) is 31.4 Å². The fourth-order valence-electron chi connectivity index (χ4n) is 2.17. The van der Waals surface area contributed by atoms with Crippen molar-refractivity contribution in [1.29, 1.82) is 0 Å². The van der Waals surface area contributed by atoms with Gasteiger partial charge in [0.25, 0.3) is 5.91 Å². The van der Waals surface area contributed by atoms with Crippen LogP contribution in [-0.4, -0.2) is 48.8 Å². The van der Waals surface area contributed by atoms with Crippen molar-refractivity contribution in [3.63, 3.8) is 0 Å². The van der Waals surface area contributed by atoms with E-state index >= 15 is 0 Å².